The molecule has 1 aromatic rings. The fourth-order valence-corrected chi connectivity index (χ4v) is 1.36. The monoisotopic (exact) mass is 245 g/mol. The van der Waals surface area contributed by atoms with Gasteiger partial charge >= 0.3 is 6.18 Å². The van der Waals surface area contributed by atoms with E-state index in [0.717, 1.165) is 5.56 Å². The molecule has 17 heavy (non-hydrogen) atoms. The third-order valence-electron chi connectivity index (χ3n) is 2.18. The Morgan fingerprint density at radius 2 is 1.82 bits per heavy atom. The van der Waals surface area contributed by atoms with Crippen LogP contribution in [-0.4, -0.2) is 25.0 Å². The van der Waals surface area contributed by atoms with Crippen LogP contribution in [0.2, 0.25) is 0 Å². The van der Waals surface area contributed by atoms with Crippen LogP contribution in [0.5, 0.6) is 0 Å². The van der Waals surface area contributed by atoms with E-state index >= 15 is 0 Å². The molecule has 0 aliphatic carbocycles. The number of carbonyl (C=O) groups is 1. The molecule has 0 aliphatic heterocycles. The number of rotatable bonds is 6. The van der Waals surface area contributed by atoms with Crippen LogP contribution in [0.3, 0.4) is 0 Å². The number of alkyl halides is 3. The second kappa shape index (κ2) is 6.39. The Morgan fingerprint density at radius 1 is 1.18 bits per heavy atom. The summed E-state index contributed by atoms with van der Waals surface area (Å²) in [5.41, 5.74) is 1.01. The first-order valence-electron chi connectivity index (χ1n) is 5.30. The zero-order chi connectivity index (χ0) is 12.7. The molecular formula is C12H14F3NO. The summed E-state index contributed by atoms with van der Waals surface area (Å²) in [7, 11) is 0. The molecule has 0 aliphatic rings. The van der Waals surface area contributed by atoms with Crippen molar-refractivity contribution in [2.24, 2.45) is 0 Å². The summed E-state index contributed by atoms with van der Waals surface area (Å²) in [5.74, 6) is -0.210. The number of ketones is 1. The van der Waals surface area contributed by atoms with Crippen molar-refractivity contribution in [1.29, 1.82) is 0 Å². The maximum absolute atomic E-state index is 11.8. The van der Waals surface area contributed by atoms with Crippen LogP contribution >= 0.6 is 0 Å². The molecular weight excluding hydrogens is 231 g/mol. The Morgan fingerprint density at radius 3 is 2.41 bits per heavy atom. The van der Waals surface area contributed by atoms with Crippen molar-refractivity contribution in [2.75, 3.05) is 13.1 Å². The second-order valence-electron chi connectivity index (χ2n) is 3.74. The number of carbonyl (C=O) groups excluding carboxylic acids is 1. The average molecular weight is 245 g/mol. The minimum Gasteiger partial charge on any atom is -0.302 e. The Kier molecular flexibility index (Phi) is 5.15. The molecule has 1 rings (SSSR count). The molecule has 0 spiro atoms. The lowest BCUT2D eigenvalue weighted by Crippen LogP contribution is -2.32. The summed E-state index contributed by atoms with van der Waals surface area (Å²) in [6, 6.07) is 9.37. The molecule has 0 fully saturated rings. The SMILES string of the molecule is O=C(CCc1ccccc1)CNCC(F)(F)F. The van der Waals surface area contributed by atoms with E-state index < -0.39 is 12.7 Å². The number of benzene rings is 1. The van der Waals surface area contributed by atoms with E-state index in [1.807, 2.05) is 30.3 Å². The summed E-state index contributed by atoms with van der Waals surface area (Å²) in [6.07, 6.45) is -3.44. The Labute approximate surface area is 97.8 Å². The zero-order valence-electron chi connectivity index (χ0n) is 9.26. The highest BCUT2D eigenvalue weighted by molar-refractivity contribution is 5.80. The van der Waals surface area contributed by atoms with Crippen LogP contribution in [0.1, 0.15) is 12.0 Å². The van der Waals surface area contributed by atoms with E-state index in [2.05, 4.69) is 5.32 Å². The maximum atomic E-state index is 11.8. The van der Waals surface area contributed by atoms with Crippen molar-refractivity contribution in [3.63, 3.8) is 0 Å². The van der Waals surface area contributed by atoms with Crippen molar-refractivity contribution in [3.8, 4) is 0 Å². The molecule has 0 saturated heterocycles. The average Bonchev–Trinajstić information content (AvgIpc) is 2.26. The molecule has 2 nitrogen and oxygen atoms in total. The van der Waals surface area contributed by atoms with Gasteiger partial charge in [0.1, 0.15) is 5.78 Å². The molecule has 0 aromatic heterocycles. The van der Waals surface area contributed by atoms with E-state index in [1.54, 1.807) is 0 Å². The van der Waals surface area contributed by atoms with Gasteiger partial charge < -0.3 is 5.32 Å². The summed E-state index contributed by atoms with van der Waals surface area (Å²) >= 11 is 0. The van der Waals surface area contributed by atoms with Gasteiger partial charge in [-0.15, -0.1) is 0 Å². The van der Waals surface area contributed by atoms with Crippen LogP contribution in [-0.2, 0) is 11.2 Å². The molecule has 1 N–H and O–H groups in total. The van der Waals surface area contributed by atoms with Gasteiger partial charge in [0, 0.05) is 6.42 Å². The number of Topliss-reactive ketones (excluding diaryl/α,β-unsaturated/α-hetero) is 1. The lowest BCUT2D eigenvalue weighted by molar-refractivity contribution is -0.127. The predicted octanol–water partition coefficient (Wildman–Crippen LogP) is 2.34. The van der Waals surface area contributed by atoms with Crippen molar-refractivity contribution in [1.82, 2.24) is 5.32 Å². The Bertz CT molecular complexity index is 349. The summed E-state index contributed by atoms with van der Waals surface area (Å²) < 4.78 is 35.3. The van der Waals surface area contributed by atoms with E-state index in [4.69, 9.17) is 0 Å². The molecule has 0 saturated carbocycles. The van der Waals surface area contributed by atoms with Gasteiger partial charge in [-0.2, -0.15) is 13.2 Å². The van der Waals surface area contributed by atoms with Gasteiger partial charge in [0.05, 0.1) is 13.1 Å². The fraction of sp³-hybridized carbons (Fsp3) is 0.417. The first-order chi connectivity index (χ1) is 7.97. The van der Waals surface area contributed by atoms with Crippen molar-refractivity contribution < 1.29 is 18.0 Å². The lowest BCUT2D eigenvalue weighted by atomic mass is 10.1. The molecule has 0 amide bonds. The van der Waals surface area contributed by atoms with Gasteiger partial charge in [-0.05, 0) is 12.0 Å². The third kappa shape index (κ3) is 6.73. The molecule has 0 heterocycles. The van der Waals surface area contributed by atoms with Crippen LogP contribution in [0, 0.1) is 0 Å². The quantitative estimate of drug-likeness (QED) is 0.833. The van der Waals surface area contributed by atoms with Crippen molar-refractivity contribution in [3.05, 3.63) is 35.9 Å². The number of halogens is 3. The topological polar surface area (TPSA) is 29.1 Å². The molecule has 0 unspecified atom stereocenters. The van der Waals surface area contributed by atoms with E-state index in [9.17, 15) is 18.0 Å². The first kappa shape index (κ1) is 13.7. The fourth-order valence-electron chi connectivity index (χ4n) is 1.36. The predicted molar refractivity (Wildman–Crippen MR) is 58.7 cm³/mol. The number of nitrogens with one attached hydrogen (secondary N) is 1. The minimum atomic E-state index is -4.26. The summed E-state index contributed by atoms with van der Waals surface area (Å²) in [4.78, 5) is 11.3. The van der Waals surface area contributed by atoms with Gasteiger partial charge in [0.2, 0.25) is 0 Å². The zero-order valence-corrected chi connectivity index (χ0v) is 9.26. The number of hydrogen-bond donors (Lipinski definition) is 1. The lowest BCUT2D eigenvalue weighted by Gasteiger charge is -2.07. The Balaban J connectivity index is 2.18. The van der Waals surface area contributed by atoms with Gasteiger partial charge in [0.25, 0.3) is 0 Å². The van der Waals surface area contributed by atoms with Gasteiger partial charge in [-0.25, -0.2) is 0 Å². The summed E-state index contributed by atoms with van der Waals surface area (Å²) in [6.45, 7) is -1.35. The molecule has 94 valence electrons. The number of hydrogen-bond acceptors (Lipinski definition) is 2. The highest BCUT2D eigenvalue weighted by Crippen LogP contribution is 2.12. The van der Waals surface area contributed by atoms with Crippen LogP contribution in [0.15, 0.2) is 30.3 Å². The van der Waals surface area contributed by atoms with Crippen LogP contribution in [0.25, 0.3) is 0 Å². The molecule has 0 radical (unpaired) electrons. The van der Waals surface area contributed by atoms with Crippen LogP contribution < -0.4 is 5.32 Å². The van der Waals surface area contributed by atoms with Crippen molar-refractivity contribution in [2.45, 2.75) is 19.0 Å². The highest BCUT2D eigenvalue weighted by atomic mass is 19.4. The van der Waals surface area contributed by atoms with E-state index in [-0.39, 0.29) is 18.7 Å². The number of aryl methyl sites for hydroxylation is 1. The molecule has 1 aromatic carbocycles. The minimum absolute atomic E-state index is 0.210. The third-order valence-corrected chi connectivity index (χ3v) is 2.18. The molecule has 5 heteroatoms. The van der Waals surface area contributed by atoms with Crippen molar-refractivity contribution >= 4 is 5.78 Å². The van der Waals surface area contributed by atoms with E-state index in [1.165, 1.54) is 0 Å². The highest BCUT2D eigenvalue weighted by Gasteiger charge is 2.26. The standard InChI is InChI=1S/C12H14F3NO/c13-12(14,15)9-16-8-11(17)7-6-10-4-2-1-3-5-10/h1-5,16H,6-9H2. The van der Waals surface area contributed by atoms with Gasteiger partial charge in [0.15, 0.2) is 0 Å². The molecule has 0 bridgehead atoms. The Hall–Kier alpha value is -1.36. The van der Waals surface area contributed by atoms with Gasteiger partial charge in [-0.3, -0.25) is 4.79 Å². The van der Waals surface area contributed by atoms with Crippen LogP contribution in [0.4, 0.5) is 13.2 Å². The second-order valence-corrected chi connectivity index (χ2v) is 3.74. The molecule has 0 atom stereocenters. The first-order valence-corrected chi connectivity index (χ1v) is 5.30. The maximum Gasteiger partial charge on any atom is 0.401 e. The smallest absolute Gasteiger partial charge is 0.302 e. The van der Waals surface area contributed by atoms with Gasteiger partial charge in [-0.1, -0.05) is 30.3 Å². The normalized spacial score (nSPS) is 11.5. The summed E-state index contributed by atoms with van der Waals surface area (Å²) in [5, 5.41) is 2.09. The largest absolute Gasteiger partial charge is 0.401 e. The van der Waals surface area contributed by atoms with E-state index in [0.29, 0.717) is 6.42 Å².